The zero-order chi connectivity index (χ0) is 55.7. The van der Waals surface area contributed by atoms with Crippen molar-refractivity contribution in [3.05, 3.63) is 122 Å². The largest absolute Gasteiger partial charge is 0.462 e. The van der Waals surface area contributed by atoms with Crippen LogP contribution in [-0.2, 0) is 28.6 Å². The van der Waals surface area contributed by atoms with Gasteiger partial charge < -0.3 is 14.2 Å². The number of ether oxygens (including phenoxy) is 3. The predicted octanol–water partition coefficient (Wildman–Crippen LogP) is 22.0. The van der Waals surface area contributed by atoms with Crippen LogP contribution >= 0.6 is 0 Å². The second-order valence-corrected chi connectivity index (χ2v) is 20.9. The minimum absolute atomic E-state index is 0.0914. The Kier molecular flexibility index (Phi) is 60.8. The smallest absolute Gasteiger partial charge is 0.306 e. The van der Waals surface area contributed by atoms with E-state index < -0.39 is 6.10 Å². The molecule has 0 saturated carbocycles. The molecule has 0 saturated heterocycles. The molecule has 438 valence electrons. The lowest BCUT2D eigenvalue weighted by atomic mass is 10.1. The molecule has 0 aromatic rings. The number of hydrogen-bond donors (Lipinski definition) is 0. The quantitative estimate of drug-likeness (QED) is 0.0261. The summed E-state index contributed by atoms with van der Waals surface area (Å²) in [6.45, 7) is 6.48. The molecular weight excluding hydrogens is 949 g/mol. The molecule has 0 aliphatic rings. The van der Waals surface area contributed by atoms with Crippen molar-refractivity contribution in [1.82, 2.24) is 0 Å². The minimum Gasteiger partial charge on any atom is -0.462 e. The number of allylic oxidation sites excluding steroid dienone is 20. The van der Waals surface area contributed by atoms with Gasteiger partial charge in [0.05, 0.1) is 0 Å². The van der Waals surface area contributed by atoms with Crippen molar-refractivity contribution < 1.29 is 28.6 Å². The summed E-state index contributed by atoms with van der Waals surface area (Å²) in [5.74, 6) is -0.920. The van der Waals surface area contributed by atoms with Crippen LogP contribution in [0, 0.1) is 0 Å². The van der Waals surface area contributed by atoms with Crippen molar-refractivity contribution in [3.63, 3.8) is 0 Å². The van der Waals surface area contributed by atoms with E-state index in [0.29, 0.717) is 19.3 Å². The van der Waals surface area contributed by atoms with Gasteiger partial charge in [0.25, 0.3) is 0 Å². The normalized spacial score (nSPS) is 12.9. The first-order chi connectivity index (χ1) is 38.0. The second kappa shape index (κ2) is 64.3. The van der Waals surface area contributed by atoms with Crippen LogP contribution in [0.25, 0.3) is 0 Å². The van der Waals surface area contributed by atoms with Gasteiger partial charge in [-0.1, -0.05) is 258 Å². The monoisotopic (exact) mass is 1070 g/mol. The molecule has 0 aliphatic carbocycles. The first-order valence-electron chi connectivity index (χ1n) is 32.0. The lowest BCUT2D eigenvalue weighted by Crippen LogP contribution is -2.30. The van der Waals surface area contributed by atoms with Crippen molar-refractivity contribution in [1.29, 1.82) is 0 Å². The molecule has 0 amide bonds. The number of carbonyl (C=O) groups is 3. The number of esters is 3. The highest BCUT2D eigenvalue weighted by Crippen LogP contribution is 2.15. The fraction of sp³-hybridized carbons (Fsp3) is 0.676. The Balaban J connectivity index is 4.32. The van der Waals surface area contributed by atoms with Crippen LogP contribution in [0.3, 0.4) is 0 Å². The van der Waals surface area contributed by atoms with E-state index >= 15 is 0 Å². The molecule has 0 radical (unpaired) electrons. The summed E-state index contributed by atoms with van der Waals surface area (Å²) in [4.78, 5) is 38.2. The van der Waals surface area contributed by atoms with E-state index in [1.807, 2.05) is 0 Å². The zero-order valence-electron chi connectivity index (χ0n) is 50.2. The summed E-state index contributed by atoms with van der Waals surface area (Å²) in [7, 11) is 0. The van der Waals surface area contributed by atoms with Crippen molar-refractivity contribution in [3.8, 4) is 0 Å². The Morgan fingerprint density at radius 3 is 0.831 bits per heavy atom. The topological polar surface area (TPSA) is 78.9 Å². The van der Waals surface area contributed by atoms with Crippen molar-refractivity contribution in [2.24, 2.45) is 0 Å². The van der Waals surface area contributed by atoms with Crippen molar-refractivity contribution in [2.75, 3.05) is 13.2 Å². The third-order valence-corrected chi connectivity index (χ3v) is 13.4. The van der Waals surface area contributed by atoms with E-state index in [2.05, 4.69) is 142 Å². The lowest BCUT2D eigenvalue weighted by molar-refractivity contribution is -0.167. The van der Waals surface area contributed by atoms with Gasteiger partial charge in [-0.25, -0.2) is 0 Å². The Hall–Kier alpha value is -4.19. The van der Waals surface area contributed by atoms with Crippen LogP contribution in [0.5, 0.6) is 0 Å². The van der Waals surface area contributed by atoms with Gasteiger partial charge >= 0.3 is 17.9 Å². The van der Waals surface area contributed by atoms with Gasteiger partial charge in [0.15, 0.2) is 6.10 Å². The van der Waals surface area contributed by atoms with Crippen LogP contribution in [0.2, 0.25) is 0 Å². The number of unbranched alkanes of at least 4 members (excludes halogenated alkanes) is 26. The molecule has 0 rings (SSSR count). The molecule has 0 N–H and O–H groups in total. The lowest BCUT2D eigenvalue weighted by Gasteiger charge is -2.18. The molecule has 6 nitrogen and oxygen atoms in total. The zero-order valence-corrected chi connectivity index (χ0v) is 50.2. The van der Waals surface area contributed by atoms with E-state index in [0.717, 1.165) is 141 Å². The summed E-state index contributed by atoms with van der Waals surface area (Å²) in [6.07, 6.45) is 89.2. The van der Waals surface area contributed by atoms with Crippen LogP contribution in [-0.4, -0.2) is 37.2 Å². The maximum absolute atomic E-state index is 12.9. The Morgan fingerprint density at radius 2 is 0.506 bits per heavy atom. The summed E-state index contributed by atoms with van der Waals surface area (Å²) < 4.78 is 16.9. The molecule has 6 heteroatoms. The summed E-state index contributed by atoms with van der Waals surface area (Å²) in [5, 5.41) is 0. The SMILES string of the molecule is CC/C=C\C/C=C\C/C=C\C/C=C\C/C=C\C/C=C\C/C=C\C/C=C\CCCCCCCCC(=O)OCC(COC(=O)CCCCCCC/C=C\CCCCC)OC(=O)CCCCCCC/C=C\CCCCCCCCC. The molecule has 0 spiro atoms. The number of rotatable bonds is 57. The van der Waals surface area contributed by atoms with Gasteiger partial charge in [-0.3, -0.25) is 14.4 Å². The Bertz CT molecular complexity index is 1600. The highest BCUT2D eigenvalue weighted by atomic mass is 16.6. The van der Waals surface area contributed by atoms with E-state index in [4.69, 9.17) is 14.2 Å². The maximum Gasteiger partial charge on any atom is 0.306 e. The first-order valence-corrected chi connectivity index (χ1v) is 32.0. The summed E-state index contributed by atoms with van der Waals surface area (Å²) >= 11 is 0. The standard InChI is InChI=1S/C71H118O6/c1-4-7-10-13-16-19-22-25-27-29-30-31-32-33-34-35-36-37-38-39-40-41-42-43-45-46-49-52-55-58-61-64-70(73)76-67-68(66-75-69(72)63-60-57-54-51-48-24-21-18-15-12-9-6-3)77-71(74)65-62-59-56-53-50-47-44-28-26-23-20-17-14-11-8-5-2/h7,10,16,18-19,21,25,27-28,30-31,33-34,36-37,39-40,42-44,68H,4-6,8-9,11-15,17,20,22-24,26,29,32,35,38,41,45-67H2,1-3H3/b10-7-,19-16-,21-18-,27-25-,31-30-,34-33-,37-36-,40-39-,43-42-,44-28-. The van der Waals surface area contributed by atoms with Gasteiger partial charge in [0.2, 0.25) is 0 Å². The predicted molar refractivity (Wildman–Crippen MR) is 334 cm³/mol. The number of carbonyl (C=O) groups excluding carboxylic acids is 3. The fourth-order valence-corrected chi connectivity index (χ4v) is 8.62. The van der Waals surface area contributed by atoms with Crippen LogP contribution in [0.4, 0.5) is 0 Å². The average Bonchev–Trinajstić information content (AvgIpc) is 3.43. The fourth-order valence-electron chi connectivity index (χ4n) is 8.62. The van der Waals surface area contributed by atoms with E-state index in [1.54, 1.807) is 0 Å². The summed E-state index contributed by atoms with van der Waals surface area (Å²) in [5.41, 5.74) is 0. The van der Waals surface area contributed by atoms with Gasteiger partial charge in [-0.05, 0) is 135 Å². The molecule has 77 heavy (non-hydrogen) atoms. The molecule has 0 bridgehead atoms. The van der Waals surface area contributed by atoms with Crippen molar-refractivity contribution in [2.45, 2.75) is 297 Å². The second-order valence-electron chi connectivity index (χ2n) is 20.9. The molecule has 0 aliphatic heterocycles. The summed E-state index contributed by atoms with van der Waals surface area (Å²) in [6, 6.07) is 0. The molecule has 0 fully saturated rings. The van der Waals surface area contributed by atoms with Crippen LogP contribution in [0.15, 0.2) is 122 Å². The average molecular weight is 1070 g/mol. The first kappa shape index (κ1) is 72.8. The molecular formula is C71H118O6. The molecule has 0 heterocycles. The van der Waals surface area contributed by atoms with Gasteiger partial charge in [-0.2, -0.15) is 0 Å². The number of hydrogen-bond acceptors (Lipinski definition) is 6. The Labute approximate surface area is 475 Å². The van der Waals surface area contributed by atoms with E-state index in [1.165, 1.54) is 109 Å². The minimum atomic E-state index is -0.795. The third-order valence-electron chi connectivity index (χ3n) is 13.4. The Morgan fingerprint density at radius 1 is 0.273 bits per heavy atom. The van der Waals surface area contributed by atoms with E-state index in [9.17, 15) is 14.4 Å². The molecule has 1 unspecified atom stereocenters. The van der Waals surface area contributed by atoms with Gasteiger partial charge in [0, 0.05) is 19.3 Å². The maximum atomic E-state index is 12.9. The van der Waals surface area contributed by atoms with Crippen LogP contribution in [0.1, 0.15) is 290 Å². The molecule has 0 aromatic heterocycles. The van der Waals surface area contributed by atoms with E-state index in [-0.39, 0.29) is 31.1 Å². The highest BCUT2D eigenvalue weighted by molar-refractivity contribution is 5.71. The highest BCUT2D eigenvalue weighted by Gasteiger charge is 2.19. The van der Waals surface area contributed by atoms with Gasteiger partial charge in [-0.15, -0.1) is 0 Å². The molecule has 0 aromatic carbocycles. The van der Waals surface area contributed by atoms with Crippen LogP contribution < -0.4 is 0 Å². The molecule has 1 atom stereocenters. The van der Waals surface area contributed by atoms with Crippen molar-refractivity contribution >= 4 is 17.9 Å². The third kappa shape index (κ3) is 62.5. The van der Waals surface area contributed by atoms with Gasteiger partial charge in [0.1, 0.15) is 13.2 Å².